The molecular weight excluding hydrogens is 266 g/mol. The number of rotatable bonds is 4. The molecule has 0 saturated heterocycles. The highest BCUT2D eigenvalue weighted by molar-refractivity contribution is 5.87. The van der Waals surface area contributed by atoms with Crippen LogP contribution in [-0.2, 0) is 0 Å². The monoisotopic (exact) mass is 289 g/mol. The van der Waals surface area contributed by atoms with Gasteiger partial charge in [0.05, 0.1) is 12.2 Å². The van der Waals surface area contributed by atoms with Gasteiger partial charge >= 0.3 is 5.97 Å². The fourth-order valence-electron chi connectivity index (χ4n) is 1.41. The molecule has 0 saturated carbocycles. The van der Waals surface area contributed by atoms with E-state index in [4.69, 9.17) is 10.2 Å². The molecule has 0 bridgehead atoms. The van der Waals surface area contributed by atoms with Crippen LogP contribution in [0.1, 0.15) is 38.1 Å². The fourth-order valence-corrected chi connectivity index (χ4v) is 1.41. The molecular formula is C14H24ClNO3. The SMILES string of the molecule is CC(C)NC(C)(C)CO.Cl.O=C(O)c1ccccc1. The van der Waals surface area contributed by atoms with Crippen molar-refractivity contribution in [1.29, 1.82) is 0 Å². The Morgan fingerprint density at radius 2 is 1.74 bits per heavy atom. The van der Waals surface area contributed by atoms with Gasteiger partial charge in [-0.1, -0.05) is 32.0 Å². The highest BCUT2D eigenvalue weighted by Gasteiger charge is 2.15. The summed E-state index contributed by atoms with van der Waals surface area (Å²) in [6.07, 6.45) is 0. The number of hydrogen-bond acceptors (Lipinski definition) is 3. The van der Waals surface area contributed by atoms with Gasteiger partial charge < -0.3 is 15.5 Å². The van der Waals surface area contributed by atoms with Gasteiger partial charge in [-0.2, -0.15) is 0 Å². The molecule has 0 heterocycles. The Kier molecular flexibility index (Phi) is 10.4. The molecule has 0 spiro atoms. The van der Waals surface area contributed by atoms with Crippen molar-refractivity contribution in [1.82, 2.24) is 5.32 Å². The number of benzene rings is 1. The number of aliphatic hydroxyl groups is 1. The van der Waals surface area contributed by atoms with E-state index in [9.17, 15) is 4.79 Å². The van der Waals surface area contributed by atoms with Crippen molar-refractivity contribution < 1.29 is 15.0 Å². The van der Waals surface area contributed by atoms with E-state index in [1.807, 2.05) is 13.8 Å². The van der Waals surface area contributed by atoms with Crippen LogP contribution in [0.2, 0.25) is 0 Å². The number of aliphatic hydroxyl groups excluding tert-OH is 1. The Morgan fingerprint density at radius 1 is 1.26 bits per heavy atom. The molecule has 0 aliphatic heterocycles. The zero-order valence-corrected chi connectivity index (χ0v) is 12.7. The van der Waals surface area contributed by atoms with Crippen molar-refractivity contribution in [2.45, 2.75) is 39.3 Å². The number of halogens is 1. The molecule has 0 unspecified atom stereocenters. The van der Waals surface area contributed by atoms with Crippen molar-refractivity contribution in [2.24, 2.45) is 0 Å². The van der Waals surface area contributed by atoms with Crippen LogP contribution in [0.4, 0.5) is 0 Å². The average Bonchev–Trinajstić information content (AvgIpc) is 2.29. The van der Waals surface area contributed by atoms with Crippen LogP contribution < -0.4 is 5.32 Å². The first-order chi connectivity index (χ1) is 8.28. The lowest BCUT2D eigenvalue weighted by Crippen LogP contribution is -2.46. The fraction of sp³-hybridized carbons (Fsp3) is 0.500. The van der Waals surface area contributed by atoms with E-state index >= 15 is 0 Å². The summed E-state index contributed by atoms with van der Waals surface area (Å²) >= 11 is 0. The molecule has 0 fully saturated rings. The zero-order valence-electron chi connectivity index (χ0n) is 11.9. The number of carbonyl (C=O) groups is 1. The Labute approximate surface area is 121 Å². The number of carboxylic acid groups (broad SMARTS) is 1. The molecule has 4 nitrogen and oxygen atoms in total. The molecule has 0 aliphatic carbocycles. The van der Waals surface area contributed by atoms with Crippen molar-refractivity contribution in [2.75, 3.05) is 6.61 Å². The zero-order chi connectivity index (χ0) is 14.2. The van der Waals surface area contributed by atoms with E-state index in [0.717, 1.165) is 0 Å². The molecule has 19 heavy (non-hydrogen) atoms. The lowest BCUT2D eigenvalue weighted by Gasteiger charge is -2.26. The second-order valence-corrected chi connectivity index (χ2v) is 5.01. The Balaban J connectivity index is 0. The molecule has 1 aromatic rings. The van der Waals surface area contributed by atoms with Gasteiger partial charge in [0, 0.05) is 11.6 Å². The van der Waals surface area contributed by atoms with Gasteiger partial charge in [-0.15, -0.1) is 12.4 Å². The number of aromatic carboxylic acids is 1. The lowest BCUT2D eigenvalue weighted by molar-refractivity contribution is 0.0697. The molecule has 0 aliphatic rings. The second-order valence-electron chi connectivity index (χ2n) is 5.01. The largest absolute Gasteiger partial charge is 0.478 e. The quantitative estimate of drug-likeness (QED) is 0.797. The molecule has 5 heteroatoms. The van der Waals surface area contributed by atoms with E-state index in [1.165, 1.54) is 0 Å². The van der Waals surface area contributed by atoms with Gasteiger partial charge in [-0.05, 0) is 26.0 Å². The van der Waals surface area contributed by atoms with Crippen LogP contribution in [0, 0.1) is 0 Å². The highest BCUT2D eigenvalue weighted by Crippen LogP contribution is 2.00. The summed E-state index contributed by atoms with van der Waals surface area (Å²) in [6.45, 7) is 8.28. The maximum Gasteiger partial charge on any atom is 0.335 e. The van der Waals surface area contributed by atoms with Gasteiger partial charge in [0.15, 0.2) is 0 Å². The second kappa shape index (κ2) is 9.78. The van der Waals surface area contributed by atoms with Crippen LogP contribution in [0.15, 0.2) is 30.3 Å². The predicted octanol–water partition coefficient (Wildman–Crippen LogP) is 2.56. The van der Waals surface area contributed by atoms with E-state index in [2.05, 4.69) is 19.2 Å². The van der Waals surface area contributed by atoms with Crippen molar-refractivity contribution in [3.05, 3.63) is 35.9 Å². The van der Waals surface area contributed by atoms with Crippen LogP contribution in [0.25, 0.3) is 0 Å². The van der Waals surface area contributed by atoms with Crippen LogP contribution in [-0.4, -0.2) is 34.4 Å². The molecule has 0 amide bonds. The average molecular weight is 290 g/mol. The highest BCUT2D eigenvalue weighted by atomic mass is 35.5. The molecule has 3 N–H and O–H groups in total. The van der Waals surface area contributed by atoms with Crippen molar-refractivity contribution in [3.63, 3.8) is 0 Å². The topological polar surface area (TPSA) is 69.6 Å². The first kappa shape index (κ1) is 20.2. The van der Waals surface area contributed by atoms with E-state index in [-0.39, 0.29) is 24.6 Å². The smallest absolute Gasteiger partial charge is 0.335 e. The maximum atomic E-state index is 10.2. The van der Waals surface area contributed by atoms with E-state index in [0.29, 0.717) is 11.6 Å². The molecule has 0 aromatic heterocycles. The molecule has 1 aromatic carbocycles. The Bertz CT molecular complexity index is 353. The number of nitrogens with one attached hydrogen (secondary N) is 1. The van der Waals surface area contributed by atoms with Gasteiger partial charge in [-0.3, -0.25) is 0 Å². The van der Waals surface area contributed by atoms with Gasteiger partial charge in [0.2, 0.25) is 0 Å². The maximum absolute atomic E-state index is 10.2. The van der Waals surface area contributed by atoms with Gasteiger partial charge in [0.25, 0.3) is 0 Å². The summed E-state index contributed by atoms with van der Waals surface area (Å²) in [5.41, 5.74) is 0.200. The summed E-state index contributed by atoms with van der Waals surface area (Å²) in [5.74, 6) is -0.879. The summed E-state index contributed by atoms with van der Waals surface area (Å²) < 4.78 is 0. The van der Waals surface area contributed by atoms with E-state index in [1.54, 1.807) is 30.3 Å². The number of carboxylic acids is 1. The minimum Gasteiger partial charge on any atom is -0.478 e. The van der Waals surface area contributed by atoms with Crippen LogP contribution in [0.5, 0.6) is 0 Å². The summed E-state index contributed by atoms with van der Waals surface area (Å²) in [5, 5.41) is 20.4. The number of hydrogen-bond donors (Lipinski definition) is 3. The first-order valence-electron chi connectivity index (χ1n) is 5.95. The van der Waals surface area contributed by atoms with Gasteiger partial charge in [0.1, 0.15) is 0 Å². The predicted molar refractivity (Wildman–Crippen MR) is 80.1 cm³/mol. The molecule has 0 radical (unpaired) electrons. The minimum atomic E-state index is -0.879. The minimum absolute atomic E-state index is 0. The first-order valence-corrected chi connectivity index (χ1v) is 5.95. The molecule has 0 atom stereocenters. The third-order valence-electron chi connectivity index (χ3n) is 2.10. The normalized spacial score (nSPS) is 10.2. The van der Waals surface area contributed by atoms with Crippen LogP contribution >= 0.6 is 12.4 Å². The van der Waals surface area contributed by atoms with Crippen molar-refractivity contribution in [3.8, 4) is 0 Å². The van der Waals surface area contributed by atoms with E-state index < -0.39 is 5.97 Å². The van der Waals surface area contributed by atoms with Crippen molar-refractivity contribution >= 4 is 18.4 Å². The Hall–Kier alpha value is -1.10. The third kappa shape index (κ3) is 10.5. The standard InChI is InChI=1S/C7H17NO.C7H6O2.ClH/c1-6(2)8-7(3,4)5-9;8-7(9)6-4-2-1-3-5-6;/h6,8-9H,5H2,1-4H3;1-5H,(H,8,9);1H. The summed E-state index contributed by atoms with van der Waals surface area (Å²) in [6, 6.07) is 8.73. The summed E-state index contributed by atoms with van der Waals surface area (Å²) in [7, 11) is 0. The Morgan fingerprint density at radius 3 is 1.95 bits per heavy atom. The van der Waals surface area contributed by atoms with Gasteiger partial charge in [-0.25, -0.2) is 4.79 Å². The molecule has 110 valence electrons. The van der Waals surface area contributed by atoms with Crippen LogP contribution in [0.3, 0.4) is 0 Å². The molecule has 1 rings (SSSR count). The summed E-state index contributed by atoms with van der Waals surface area (Å²) in [4.78, 5) is 10.2. The third-order valence-corrected chi connectivity index (χ3v) is 2.10. The lowest BCUT2D eigenvalue weighted by atomic mass is 10.1.